The van der Waals surface area contributed by atoms with Crippen molar-refractivity contribution in [3.63, 3.8) is 0 Å². The second-order valence-electron chi connectivity index (χ2n) is 6.68. The summed E-state index contributed by atoms with van der Waals surface area (Å²) in [5.74, 6) is 0.231. The number of nitrogens with zero attached hydrogens (tertiary/aromatic N) is 2. The van der Waals surface area contributed by atoms with Crippen LogP contribution in [0, 0.1) is 0 Å². The van der Waals surface area contributed by atoms with Crippen molar-refractivity contribution in [2.45, 2.75) is 32.7 Å². The highest BCUT2D eigenvalue weighted by molar-refractivity contribution is 9.10. The van der Waals surface area contributed by atoms with Gasteiger partial charge in [0.15, 0.2) is 5.78 Å². The van der Waals surface area contributed by atoms with E-state index in [0.29, 0.717) is 6.42 Å². The average molecular weight is 353 g/mol. The molecule has 1 fully saturated rings. The molecule has 0 radical (unpaired) electrons. The first-order chi connectivity index (χ1) is 9.86. The lowest BCUT2D eigenvalue weighted by Crippen LogP contribution is -2.53. The number of carbonyl (C=O) groups excluding carboxylic acids is 1. The molecule has 1 heterocycles. The van der Waals surface area contributed by atoms with Gasteiger partial charge in [0.05, 0.1) is 0 Å². The molecule has 0 unspecified atom stereocenters. The summed E-state index contributed by atoms with van der Waals surface area (Å²) in [4.78, 5) is 17.1. The van der Waals surface area contributed by atoms with Gasteiger partial charge in [-0.1, -0.05) is 28.1 Å². The van der Waals surface area contributed by atoms with Crippen molar-refractivity contribution < 1.29 is 4.79 Å². The summed E-state index contributed by atoms with van der Waals surface area (Å²) in [6.45, 7) is 12.0. The highest BCUT2D eigenvalue weighted by Crippen LogP contribution is 2.17. The fraction of sp³-hybridized carbons (Fsp3) is 0.588. The van der Waals surface area contributed by atoms with E-state index >= 15 is 0 Å². The van der Waals surface area contributed by atoms with Crippen LogP contribution in [0.5, 0.6) is 0 Å². The number of Topliss-reactive ketones (excluding diaryl/α,β-unsaturated/α-hetero) is 1. The van der Waals surface area contributed by atoms with Gasteiger partial charge in [-0.2, -0.15) is 0 Å². The Morgan fingerprint density at radius 1 is 1.19 bits per heavy atom. The van der Waals surface area contributed by atoms with Crippen molar-refractivity contribution in [1.29, 1.82) is 0 Å². The maximum absolute atomic E-state index is 12.2. The number of hydrogen-bond donors (Lipinski definition) is 0. The molecule has 0 spiro atoms. The van der Waals surface area contributed by atoms with Crippen LogP contribution < -0.4 is 0 Å². The third-order valence-electron chi connectivity index (χ3n) is 4.12. The van der Waals surface area contributed by atoms with Gasteiger partial charge in [-0.05, 0) is 32.9 Å². The van der Waals surface area contributed by atoms with E-state index < -0.39 is 0 Å². The third kappa shape index (κ3) is 4.90. The first kappa shape index (κ1) is 16.7. The minimum absolute atomic E-state index is 0.231. The average Bonchev–Trinajstić information content (AvgIpc) is 2.44. The van der Waals surface area contributed by atoms with E-state index in [1.54, 1.807) is 0 Å². The fourth-order valence-electron chi connectivity index (χ4n) is 2.71. The van der Waals surface area contributed by atoms with E-state index in [1.807, 2.05) is 24.3 Å². The van der Waals surface area contributed by atoms with Gasteiger partial charge in [0.25, 0.3) is 0 Å². The zero-order chi connectivity index (χ0) is 15.5. The topological polar surface area (TPSA) is 23.6 Å². The van der Waals surface area contributed by atoms with E-state index in [0.717, 1.165) is 42.8 Å². The lowest BCUT2D eigenvalue weighted by atomic mass is 10.0. The maximum Gasteiger partial charge on any atom is 0.164 e. The van der Waals surface area contributed by atoms with Gasteiger partial charge in [0.2, 0.25) is 0 Å². The lowest BCUT2D eigenvalue weighted by molar-refractivity contribution is 0.0602. The molecule has 3 nitrogen and oxygen atoms in total. The zero-order valence-electron chi connectivity index (χ0n) is 13.2. The summed E-state index contributed by atoms with van der Waals surface area (Å²) in [7, 11) is 0. The van der Waals surface area contributed by atoms with Crippen LogP contribution in [0.25, 0.3) is 0 Å². The molecule has 1 aromatic carbocycles. The Labute approximate surface area is 136 Å². The molecule has 1 aliphatic heterocycles. The summed E-state index contributed by atoms with van der Waals surface area (Å²) in [5.41, 5.74) is 1.05. The van der Waals surface area contributed by atoms with Crippen molar-refractivity contribution in [2.75, 3.05) is 32.7 Å². The molecule has 1 aliphatic rings. The molecule has 0 saturated carbocycles. The van der Waals surface area contributed by atoms with Crippen LogP contribution in [0.2, 0.25) is 0 Å². The predicted octanol–water partition coefficient (Wildman–Crippen LogP) is 3.44. The van der Waals surface area contributed by atoms with Crippen LogP contribution in [0.1, 0.15) is 37.6 Å². The van der Waals surface area contributed by atoms with E-state index in [-0.39, 0.29) is 11.3 Å². The molecule has 21 heavy (non-hydrogen) atoms. The Morgan fingerprint density at radius 3 is 2.43 bits per heavy atom. The molecule has 0 atom stereocenters. The van der Waals surface area contributed by atoms with Gasteiger partial charge in [0, 0.05) is 54.7 Å². The first-order valence-electron chi connectivity index (χ1n) is 7.62. The normalized spacial score (nSPS) is 17.9. The summed E-state index contributed by atoms with van der Waals surface area (Å²) < 4.78 is 0.965. The largest absolute Gasteiger partial charge is 0.300 e. The third-order valence-corrected chi connectivity index (χ3v) is 4.62. The summed E-state index contributed by atoms with van der Waals surface area (Å²) in [5, 5.41) is 0. The van der Waals surface area contributed by atoms with E-state index in [2.05, 4.69) is 46.5 Å². The lowest BCUT2D eigenvalue weighted by Gasteiger charge is -2.42. The number of piperazine rings is 1. The van der Waals surface area contributed by atoms with E-state index in [1.165, 1.54) is 0 Å². The van der Waals surface area contributed by atoms with Crippen molar-refractivity contribution in [2.24, 2.45) is 0 Å². The van der Waals surface area contributed by atoms with Crippen LogP contribution in [0.3, 0.4) is 0 Å². The molecule has 0 bridgehead atoms. The first-order valence-corrected chi connectivity index (χ1v) is 8.42. The fourth-order valence-corrected chi connectivity index (χ4v) is 3.11. The Hall–Kier alpha value is -0.710. The van der Waals surface area contributed by atoms with Crippen LogP contribution in [0.15, 0.2) is 28.7 Å². The Morgan fingerprint density at radius 2 is 1.86 bits per heavy atom. The summed E-state index contributed by atoms with van der Waals surface area (Å²) >= 11 is 3.42. The number of ketones is 1. The number of rotatable bonds is 4. The van der Waals surface area contributed by atoms with Crippen LogP contribution in [0.4, 0.5) is 0 Å². The Kier molecular flexibility index (Phi) is 5.58. The molecule has 0 aliphatic carbocycles. The minimum Gasteiger partial charge on any atom is -0.300 e. The molecule has 116 valence electrons. The van der Waals surface area contributed by atoms with Crippen LogP contribution in [-0.4, -0.2) is 53.8 Å². The maximum atomic E-state index is 12.2. The minimum atomic E-state index is 0.231. The van der Waals surface area contributed by atoms with E-state index in [9.17, 15) is 4.79 Å². The highest BCUT2D eigenvalue weighted by atomic mass is 79.9. The SMILES string of the molecule is CC(C)(C)N1CCN(CCC(=O)c2cccc(Br)c2)CC1. The van der Waals surface area contributed by atoms with Crippen molar-refractivity contribution >= 4 is 21.7 Å². The van der Waals surface area contributed by atoms with Gasteiger partial charge < -0.3 is 4.90 Å². The van der Waals surface area contributed by atoms with Gasteiger partial charge >= 0.3 is 0 Å². The Balaban J connectivity index is 1.78. The molecular formula is C17H25BrN2O. The van der Waals surface area contributed by atoms with Gasteiger partial charge in [-0.25, -0.2) is 0 Å². The van der Waals surface area contributed by atoms with Gasteiger partial charge in [-0.3, -0.25) is 9.69 Å². The number of benzene rings is 1. The highest BCUT2D eigenvalue weighted by Gasteiger charge is 2.25. The molecular weight excluding hydrogens is 328 g/mol. The number of carbonyl (C=O) groups is 1. The van der Waals surface area contributed by atoms with Crippen LogP contribution >= 0.6 is 15.9 Å². The van der Waals surface area contributed by atoms with Crippen molar-refractivity contribution in [3.8, 4) is 0 Å². The molecule has 1 saturated heterocycles. The second kappa shape index (κ2) is 7.03. The predicted molar refractivity (Wildman–Crippen MR) is 90.9 cm³/mol. The van der Waals surface area contributed by atoms with Crippen molar-refractivity contribution in [1.82, 2.24) is 9.80 Å². The molecule has 2 rings (SSSR count). The number of halogens is 1. The standard InChI is InChI=1S/C17H25BrN2O/c1-17(2,3)20-11-9-19(10-12-20)8-7-16(21)14-5-4-6-15(18)13-14/h4-6,13H,7-12H2,1-3H3. The monoisotopic (exact) mass is 352 g/mol. The number of hydrogen-bond acceptors (Lipinski definition) is 3. The zero-order valence-corrected chi connectivity index (χ0v) is 14.8. The molecule has 0 N–H and O–H groups in total. The molecule has 0 amide bonds. The quantitative estimate of drug-likeness (QED) is 0.775. The van der Waals surface area contributed by atoms with Gasteiger partial charge in [-0.15, -0.1) is 0 Å². The second-order valence-corrected chi connectivity index (χ2v) is 7.60. The van der Waals surface area contributed by atoms with Gasteiger partial charge in [0.1, 0.15) is 0 Å². The smallest absolute Gasteiger partial charge is 0.164 e. The van der Waals surface area contributed by atoms with E-state index in [4.69, 9.17) is 0 Å². The molecule has 1 aromatic rings. The Bertz CT molecular complexity index is 488. The summed E-state index contributed by atoms with van der Waals surface area (Å²) in [6.07, 6.45) is 0.603. The van der Waals surface area contributed by atoms with Crippen molar-refractivity contribution in [3.05, 3.63) is 34.3 Å². The molecule has 0 aromatic heterocycles. The van der Waals surface area contributed by atoms with Crippen LogP contribution in [-0.2, 0) is 0 Å². The molecule has 4 heteroatoms. The summed E-state index contributed by atoms with van der Waals surface area (Å²) in [6, 6.07) is 7.66.